The number of carboxylic acids is 1. The molecular formula is C18H13BrF3N3O4S3. The number of aromatic nitrogens is 2. The van der Waals surface area contributed by atoms with Gasteiger partial charge in [0, 0.05) is 18.9 Å². The van der Waals surface area contributed by atoms with E-state index < -0.39 is 27.7 Å². The second-order valence-corrected chi connectivity index (χ2v) is 11.1. The third kappa shape index (κ3) is 5.24. The highest BCUT2D eigenvalue weighted by atomic mass is 79.9. The Morgan fingerprint density at radius 3 is 2.50 bits per heavy atom. The molecule has 0 atom stereocenters. The van der Waals surface area contributed by atoms with E-state index in [0.29, 0.717) is 14.2 Å². The van der Waals surface area contributed by atoms with E-state index in [1.165, 1.54) is 12.1 Å². The lowest BCUT2D eigenvalue weighted by atomic mass is 10.2. The van der Waals surface area contributed by atoms with Gasteiger partial charge in [-0.15, -0.1) is 23.1 Å². The van der Waals surface area contributed by atoms with Crippen LogP contribution < -0.4 is 5.32 Å². The molecule has 0 amide bonds. The number of anilines is 1. The van der Waals surface area contributed by atoms with Crippen LogP contribution in [0.2, 0.25) is 0 Å². The van der Waals surface area contributed by atoms with Gasteiger partial charge in [0.2, 0.25) is 9.84 Å². The molecular weight excluding hydrogens is 555 g/mol. The highest BCUT2D eigenvalue weighted by Crippen LogP contribution is 2.38. The van der Waals surface area contributed by atoms with Crippen LogP contribution in [0.1, 0.15) is 20.9 Å². The number of thiophene rings is 1. The first-order chi connectivity index (χ1) is 14.9. The van der Waals surface area contributed by atoms with Crippen LogP contribution in [-0.4, -0.2) is 35.7 Å². The van der Waals surface area contributed by atoms with E-state index >= 15 is 0 Å². The highest BCUT2D eigenvalue weighted by Gasteiger charge is 2.32. The molecule has 3 aromatic heterocycles. The molecule has 0 aliphatic carbocycles. The van der Waals surface area contributed by atoms with Crippen molar-refractivity contribution in [3.05, 3.63) is 57.3 Å². The number of thioether (sulfide) groups is 1. The molecule has 2 N–H and O–H groups in total. The summed E-state index contributed by atoms with van der Waals surface area (Å²) in [6, 6.07) is 4.57. The fraction of sp³-hybridized carbons (Fsp3) is 0.167. The molecule has 0 fully saturated rings. The first-order valence-corrected chi connectivity index (χ1v) is 12.8. The molecule has 0 saturated carbocycles. The second kappa shape index (κ2) is 9.37. The van der Waals surface area contributed by atoms with Gasteiger partial charge < -0.3 is 10.4 Å². The normalized spacial score (nSPS) is 12.0. The predicted octanol–water partition coefficient (Wildman–Crippen LogP) is 5.18. The largest absolute Gasteiger partial charge is 0.477 e. The maximum atomic E-state index is 13.0. The van der Waals surface area contributed by atoms with Crippen molar-refractivity contribution < 1.29 is 31.5 Å². The zero-order valence-electron chi connectivity index (χ0n) is 16.0. The fourth-order valence-corrected chi connectivity index (χ4v) is 6.94. The number of aromatic carboxylic acids is 1. The summed E-state index contributed by atoms with van der Waals surface area (Å²) in [6.07, 6.45) is -0.672. The van der Waals surface area contributed by atoms with Crippen molar-refractivity contribution >= 4 is 60.7 Å². The van der Waals surface area contributed by atoms with Crippen LogP contribution >= 0.6 is 39.0 Å². The number of nitrogens with zero attached hydrogens (tertiary/aromatic N) is 2. The Hall–Kier alpha value is -2.16. The van der Waals surface area contributed by atoms with Crippen molar-refractivity contribution in [3.8, 4) is 0 Å². The standard InChI is InChI=1S/C18H13BrF3N3O4S3/c1-30-17-13(5-12(31-17)16(26)27)32(28,29)10-4-11(19)15(25-8-10)24-7-9-2-3-14(23-6-9)18(20,21)22/h2-6,8H,7H2,1H3,(H,24,25)(H,26,27). The molecule has 32 heavy (non-hydrogen) atoms. The molecule has 0 bridgehead atoms. The van der Waals surface area contributed by atoms with Crippen molar-refractivity contribution in [1.29, 1.82) is 0 Å². The van der Waals surface area contributed by atoms with Crippen molar-refractivity contribution in [1.82, 2.24) is 9.97 Å². The maximum absolute atomic E-state index is 13.0. The first kappa shape index (κ1) is 24.5. The number of hydrogen-bond acceptors (Lipinski definition) is 8. The lowest BCUT2D eigenvalue weighted by molar-refractivity contribution is -0.141. The molecule has 0 unspecified atom stereocenters. The molecule has 0 aromatic carbocycles. The van der Waals surface area contributed by atoms with Crippen LogP contribution in [0.5, 0.6) is 0 Å². The van der Waals surface area contributed by atoms with Gasteiger partial charge in [0.1, 0.15) is 16.4 Å². The molecule has 0 radical (unpaired) electrons. The van der Waals surface area contributed by atoms with Crippen LogP contribution in [0.25, 0.3) is 0 Å². The number of carbonyl (C=O) groups is 1. The third-order valence-electron chi connectivity index (χ3n) is 4.05. The molecule has 3 rings (SSSR count). The van der Waals surface area contributed by atoms with Gasteiger partial charge in [0.25, 0.3) is 0 Å². The molecule has 0 aliphatic rings. The topological polar surface area (TPSA) is 109 Å². The second-order valence-electron chi connectivity index (χ2n) is 6.18. The lowest BCUT2D eigenvalue weighted by Crippen LogP contribution is -2.09. The van der Waals surface area contributed by atoms with E-state index in [9.17, 15) is 26.4 Å². The highest BCUT2D eigenvalue weighted by molar-refractivity contribution is 9.10. The molecule has 170 valence electrons. The Kier molecular flexibility index (Phi) is 7.17. The summed E-state index contributed by atoms with van der Waals surface area (Å²) in [4.78, 5) is 18.3. The molecule has 3 aromatic rings. The number of halogens is 4. The van der Waals surface area contributed by atoms with E-state index in [1.54, 1.807) is 6.26 Å². The number of carboxylic acid groups (broad SMARTS) is 1. The minimum absolute atomic E-state index is 0.0941. The average molecular weight is 568 g/mol. The number of rotatable bonds is 7. The molecule has 14 heteroatoms. The van der Waals surface area contributed by atoms with Gasteiger partial charge in [-0.05, 0) is 45.9 Å². The number of sulfone groups is 1. The van der Waals surface area contributed by atoms with E-state index in [-0.39, 0.29) is 27.0 Å². The predicted molar refractivity (Wildman–Crippen MR) is 117 cm³/mol. The Labute approximate surface area is 197 Å². The summed E-state index contributed by atoms with van der Waals surface area (Å²) >= 11 is 5.23. The molecule has 0 spiro atoms. The minimum atomic E-state index is -4.53. The molecule has 0 aliphatic heterocycles. The van der Waals surface area contributed by atoms with Crippen molar-refractivity contribution in [2.45, 2.75) is 26.7 Å². The smallest absolute Gasteiger partial charge is 0.433 e. The summed E-state index contributed by atoms with van der Waals surface area (Å²) in [5.41, 5.74) is -0.535. The first-order valence-electron chi connectivity index (χ1n) is 8.51. The molecule has 0 saturated heterocycles. The van der Waals surface area contributed by atoms with Crippen molar-refractivity contribution in [2.75, 3.05) is 11.6 Å². The van der Waals surface area contributed by atoms with Crippen LogP contribution in [0.15, 0.2) is 55.1 Å². The van der Waals surface area contributed by atoms with Gasteiger partial charge in [-0.25, -0.2) is 18.2 Å². The summed E-state index contributed by atoms with van der Waals surface area (Å²) in [5, 5.41) is 12.1. The van der Waals surface area contributed by atoms with Crippen LogP contribution in [-0.2, 0) is 22.6 Å². The van der Waals surface area contributed by atoms with Crippen LogP contribution in [0.4, 0.5) is 19.0 Å². The minimum Gasteiger partial charge on any atom is -0.477 e. The van der Waals surface area contributed by atoms with Crippen LogP contribution in [0.3, 0.4) is 0 Å². The van der Waals surface area contributed by atoms with E-state index in [1.807, 2.05) is 0 Å². The number of hydrogen-bond donors (Lipinski definition) is 2. The number of pyridine rings is 2. The van der Waals surface area contributed by atoms with Gasteiger partial charge in [-0.3, -0.25) is 4.98 Å². The van der Waals surface area contributed by atoms with E-state index in [4.69, 9.17) is 5.11 Å². The average Bonchev–Trinajstić information content (AvgIpc) is 3.18. The zero-order chi connectivity index (χ0) is 23.7. The van der Waals surface area contributed by atoms with E-state index in [2.05, 4.69) is 31.2 Å². The lowest BCUT2D eigenvalue weighted by Gasteiger charge is -2.11. The van der Waals surface area contributed by atoms with Crippen molar-refractivity contribution in [3.63, 3.8) is 0 Å². The zero-order valence-corrected chi connectivity index (χ0v) is 20.0. The summed E-state index contributed by atoms with van der Waals surface area (Å²) < 4.78 is 64.5. The molecule has 3 heterocycles. The van der Waals surface area contributed by atoms with Gasteiger partial charge in [-0.1, -0.05) is 6.07 Å². The Morgan fingerprint density at radius 2 is 1.97 bits per heavy atom. The van der Waals surface area contributed by atoms with Crippen molar-refractivity contribution in [2.24, 2.45) is 0 Å². The van der Waals surface area contributed by atoms with Gasteiger partial charge in [0.15, 0.2) is 0 Å². The van der Waals surface area contributed by atoms with Gasteiger partial charge >= 0.3 is 12.1 Å². The van der Waals surface area contributed by atoms with Gasteiger partial charge in [-0.2, -0.15) is 13.2 Å². The summed E-state index contributed by atoms with van der Waals surface area (Å²) in [7, 11) is -4.03. The maximum Gasteiger partial charge on any atom is 0.433 e. The number of alkyl halides is 3. The van der Waals surface area contributed by atoms with Gasteiger partial charge in [0.05, 0.1) is 18.5 Å². The quantitative estimate of drug-likeness (QED) is 0.375. The Morgan fingerprint density at radius 1 is 1.25 bits per heavy atom. The fourth-order valence-electron chi connectivity index (χ4n) is 2.50. The van der Waals surface area contributed by atoms with E-state index in [0.717, 1.165) is 47.6 Å². The summed E-state index contributed by atoms with van der Waals surface area (Å²) in [5.74, 6) is -0.950. The monoisotopic (exact) mass is 567 g/mol. The SMILES string of the molecule is CSc1sc(C(=O)O)cc1S(=O)(=O)c1cnc(NCc2ccc(C(F)(F)F)nc2)c(Br)c1. The third-order valence-corrected chi connectivity index (χ3v) is 8.92. The summed E-state index contributed by atoms with van der Waals surface area (Å²) in [6.45, 7) is 0.103. The Balaban J connectivity index is 1.81. The van der Waals surface area contributed by atoms with Crippen LogP contribution in [0, 0.1) is 0 Å². The number of nitrogens with one attached hydrogen (secondary N) is 1. The Bertz CT molecular complexity index is 1260. The molecule has 7 nitrogen and oxygen atoms in total.